The van der Waals surface area contributed by atoms with Crippen molar-refractivity contribution in [3.05, 3.63) is 117 Å². The molecule has 23 heteroatoms. The molecule has 0 bridgehead atoms. The van der Waals surface area contributed by atoms with Gasteiger partial charge in [-0.2, -0.15) is 20.7 Å². The van der Waals surface area contributed by atoms with E-state index in [0.29, 0.717) is 75.2 Å². The van der Waals surface area contributed by atoms with Crippen LogP contribution >= 0.6 is 22.7 Å². The molecule has 6 aliphatic rings. The SMILES string of the molecule is CCc1nn2c(C)cc(N3CCC4(CN(C(=O)[C@H]5CCOC5)C4)C3)cc2c1N(C)c1nc(-c2ccc(F)cc2)c(C#N)s1.CCc1nn2c(C)cc(N3CCC4(CNC4)C3)cc2c1N(C)c1nc(-c2ccc(F)cc2)c(C#N)s1.O=C(O)[C@H]1CCOC1. The number of fused-ring (bicyclic) bond motifs is 2. The van der Waals surface area contributed by atoms with Crippen molar-refractivity contribution in [3.8, 4) is 34.7 Å². The van der Waals surface area contributed by atoms with E-state index in [9.17, 15) is 28.9 Å². The average Bonchev–Trinajstić information content (AvgIpc) is 2.05. The number of likely N-dealkylation sites (tertiary alicyclic amines) is 1. The van der Waals surface area contributed by atoms with Crippen LogP contribution in [0, 0.1) is 70.8 Å². The van der Waals surface area contributed by atoms with Crippen molar-refractivity contribution in [1.29, 1.82) is 10.5 Å². The van der Waals surface area contributed by atoms with Crippen molar-refractivity contribution in [2.75, 3.05) is 112 Å². The van der Waals surface area contributed by atoms with Gasteiger partial charge < -0.3 is 44.4 Å². The third-order valence-corrected chi connectivity index (χ3v) is 20.1. The summed E-state index contributed by atoms with van der Waals surface area (Å²) >= 11 is 2.66. The number of halogens is 2. The highest BCUT2D eigenvalue weighted by Crippen LogP contribution is 2.46. The minimum absolute atomic E-state index is 0.0267. The second kappa shape index (κ2) is 24.2. The summed E-state index contributed by atoms with van der Waals surface area (Å²) < 4.78 is 41.3. The molecule has 0 unspecified atom stereocenters. The fourth-order valence-corrected chi connectivity index (χ4v) is 14.8. The van der Waals surface area contributed by atoms with Crippen LogP contribution in [0.2, 0.25) is 0 Å². The highest BCUT2D eigenvalue weighted by Gasteiger charge is 2.51. The molecule has 6 aliphatic heterocycles. The smallest absolute Gasteiger partial charge is 0.308 e. The van der Waals surface area contributed by atoms with Crippen molar-refractivity contribution in [3.63, 3.8) is 0 Å². The van der Waals surface area contributed by atoms with Gasteiger partial charge in [-0.1, -0.05) is 36.5 Å². The molecule has 6 saturated heterocycles. The van der Waals surface area contributed by atoms with Crippen LogP contribution in [0.4, 0.5) is 41.8 Å². The highest BCUT2D eigenvalue weighted by atomic mass is 32.1. The number of pyridine rings is 2. The number of nitrogens with one attached hydrogen (secondary N) is 1. The first-order chi connectivity index (χ1) is 42.0. The molecule has 2 aromatic carbocycles. The maximum atomic E-state index is 13.6. The fourth-order valence-electron chi connectivity index (χ4n) is 13.0. The Bertz CT molecular complexity index is 3980. The molecule has 0 radical (unpaired) electrons. The molecule has 1 amide bonds. The summed E-state index contributed by atoms with van der Waals surface area (Å²) in [7, 11) is 3.95. The lowest BCUT2D eigenvalue weighted by Gasteiger charge is -2.48. The number of carbonyl (C=O) groups excluding carboxylic acids is 1. The fraction of sp³-hybridized carbons (Fsp3) is 0.438. The molecule has 6 fully saturated rings. The van der Waals surface area contributed by atoms with Crippen LogP contribution < -0.4 is 24.9 Å². The number of nitrogens with zero attached hydrogens (tertiary/aromatic N) is 13. The zero-order valence-electron chi connectivity index (χ0n) is 49.8. The monoisotopic (exact) mass is 1220 g/mol. The summed E-state index contributed by atoms with van der Waals surface area (Å²) in [5.41, 5.74) is 13.6. The van der Waals surface area contributed by atoms with E-state index in [4.69, 9.17) is 34.7 Å². The lowest BCUT2D eigenvalue weighted by Crippen LogP contribution is -2.60. The molecule has 14 rings (SSSR count). The van der Waals surface area contributed by atoms with Gasteiger partial charge in [0.05, 0.1) is 58.8 Å². The number of aryl methyl sites for hydroxylation is 4. The van der Waals surface area contributed by atoms with Crippen LogP contribution in [0.15, 0.2) is 72.8 Å². The summed E-state index contributed by atoms with van der Waals surface area (Å²) in [6.45, 7) is 18.5. The van der Waals surface area contributed by atoms with Crippen LogP contribution in [0.5, 0.6) is 0 Å². The van der Waals surface area contributed by atoms with E-state index in [1.807, 2.05) is 37.8 Å². The molecule has 0 aliphatic carbocycles. The van der Waals surface area contributed by atoms with Crippen LogP contribution in [0.25, 0.3) is 33.5 Å². The summed E-state index contributed by atoms with van der Waals surface area (Å²) in [6.07, 6.45) is 5.31. The predicted octanol–water partition coefficient (Wildman–Crippen LogP) is 10.2. The van der Waals surface area contributed by atoms with Gasteiger partial charge in [0.1, 0.15) is 44.9 Å². The van der Waals surface area contributed by atoms with Gasteiger partial charge in [0, 0.05) is 124 Å². The summed E-state index contributed by atoms with van der Waals surface area (Å²) in [5.74, 6) is -1.34. The summed E-state index contributed by atoms with van der Waals surface area (Å²) in [4.78, 5) is 44.7. The number of carboxylic acid groups (broad SMARTS) is 1. The topological polar surface area (TPSA) is 209 Å². The number of hydrogen-bond acceptors (Lipinski definition) is 17. The maximum Gasteiger partial charge on any atom is 0.308 e. The van der Waals surface area contributed by atoms with E-state index >= 15 is 0 Å². The van der Waals surface area contributed by atoms with Crippen LogP contribution in [-0.2, 0) is 31.9 Å². The standard InChI is InChI=1S/C32H34FN7O2S.C27H28FN7S.C5H8O3/c1-4-25-29(37(3)31-35-28(27(15-34)43-31)21-5-7-23(33)8-6-21)26-14-24(13-20(2)40(26)36-25)38-11-10-32(17-38)18-39(19-32)30(41)22-9-12-42-16-22;1-4-21-25(33(3)26-31-24(23(13-29)36-26)18-5-7-19(28)8-6-18)22-12-20(11-17(2)35(22)32-21)34-10-9-27(16-34)14-30-15-27;6-5(7)4-1-2-8-3-4/h5-8,13-14,22H,4,9-12,16-19H2,1-3H3;5-8,11-12,30H,4,9-10,14-16H2,1-3H3;4H,1-3H2,(H,6,7)/t22-;;4-/m0.0/s1. The molecule has 19 nitrogen and oxygen atoms in total. The zero-order valence-corrected chi connectivity index (χ0v) is 51.4. The van der Waals surface area contributed by atoms with E-state index in [2.05, 4.69) is 79.2 Å². The number of nitriles is 2. The number of amides is 1. The Morgan fingerprint density at radius 1 is 0.690 bits per heavy atom. The number of thiazole rings is 2. The van der Waals surface area contributed by atoms with E-state index in [1.54, 1.807) is 24.3 Å². The second-order valence-corrected chi connectivity index (χ2v) is 25.9. The Morgan fingerprint density at radius 2 is 1.14 bits per heavy atom. The van der Waals surface area contributed by atoms with Crippen LogP contribution in [-0.4, -0.2) is 144 Å². The highest BCUT2D eigenvalue weighted by molar-refractivity contribution is 7.17. The van der Waals surface area contributed by atoms with Gasteiger partial charge in [0.2, 0.25) is 5.91 Å². The largest absolute Gasteiger partial charge is 0.481 e. The number of rotatable bonds is 12. The van der Waals surface area contributed by atoms with Crippen molar-refractivity contribution in [1.82, 2.24) is 39.4 Å². The van der Waals surface area contributed by atoms with Crippen molar-refractivity contribution in [2.45, 2.75) is 66.2 Å². The van der Waals surface area contributed by atoms with Gasteiger partial charge in [-0.25, -0.2) is 27.8 Å². The van der Waals surface area contributed by atoms with Gasteiger partial charge >= 0.3 is 5.97 Å². The Balaban J connectivity index is 0.000000152. The molecule has 2 N–H and O–H groups in total. The van der Waals surface area contributed by atoms with Gasteiger partial charge in [0.15, 0.2) is 10.3 Å². The van der Waals surface area contributed by atoms with E-state index in [1.165, 1.54) is 59.0 Å². The number of ether oxygens (including phenoxy) is 2. The minimum atomic E-state index is -0.734. The molecule has 2 spiro atoms. The number of anilines is 6. The number of aliphatic carboxylic acids is 1. The number of benzene rings is 2. The Morgan fingerprint density at radius 3 is 1.52 bits per heavy atom. The third kappa shape index (κ3) is 11.5. The first kappa shape index (κ1) is 59.3. The average molecular weight is 1220 g/mol. The van der Waals surface area contributed by atoms with E-state index < -0.39 is 5.97 Å². The van der Waals surface area contributed by atoms with Crippen LogP contribution in [0.3, 0.4) is 0 Å². The summed E-state index contributed by atoms with van der Waals surface area (Å²) in [6, 6.07) is 25.6. The number of carbonyl (C=O) groups is 2. The molecule has 12 heterocycles. The quantitative estimate of drug-likeness (QED) is 0.117. The molecule has 2 atom stereocenters. The lowest BCUT2D eigenvalue weighted by atomic mass is 9.78. The molecule has 0 saturated carbocycles. The van der Waals surface area contributed by atoms with Crippen molar-refractivity contribution in [2.24, 2.45) is 22.7 Å². The zero-order chi connectivity index (χ0) is 60.9. The van der Waals surface area contributed by atoms with E-state index in [-0.39, 0.29) is 34.8 Å². The molecule has 452 valence electrons. The number of carboxylic acids is 1. The predicted molar refractivity (Wildman–Crippen MR) is 333 cm³/mol. The maximum absolute atomic E-state index is 13.6. The Hall–Kier alpha value is -8.06. The molecule has 87 heavy (non-hydrogen) atoms. The first-order valence-electron chi connectivity index (χ1n) is 29.7. The lowest BCUT2D eigenvalue weighted by molar-refractivity contribution is -0.146. The molecular weight excluding hydrogens is 1150 g/mol. The van der Waals surface area contributed by atoms with Crippen molar-refractivity contribution >= 4 is 78.6 Å². The molecular formula is C64H70F2N14O5S2. The van der Waals surface area contributed by atoms with E-state index in [0.717, 1.165) is 134 Å². The second-order valence-electron chi connectivity index (χ2n) is 23.9. The first-order valence-corrected chi connectivity index (χ1v) is 31.4. The summed E-state index contributed by atoms with van der Waals surface area (Å²) in [5, 5.41) is 42.7. The van der Waals surface area contributed by atoms with Crippen LogP contribution in [0.1, 0.15) is 72.1 Å². The van der Waals surface area contributed by atoms with Crippen molar-refractivity contribution < 1.29 is 33.0 Å². The third-order valence-electron chi connectivity index (χ3n) is 18.0. The normalized spacial score (nSPS) is 18.9. The van der Waals surface area contributed by atoms with Gasteiger partial charge in [-0.3, -0.25) is 9.59 Å². The number of aromatic nitrogens is 6. The Kier molecular flexibility index (Phi) is 16.5. The molecule has 6 aromatic heterocycles. The Labute approximate surface area is 512 Å². The van der Waals surface area contributed by atoms with Gasteiger partial charge in [-0.15, -0.1) is 0 Å². The minimum Gasteiger partial charge on any atom is -0.481 e. The van der Waals surface area contributed by atoms with Gasteiger partial charge in [0.25, 0.3) is 0 Å². The molecule has 8 aromatic rings. The number of hydrogen-bond donors (Lipinski definition) is 2. The van der Waals surface area contributed by atoms with Gasteiger partial charge in [-0.05, 0) is 125 Å².